The van der Waals surface area contributed by atoms with E-state index >= 15 is 0 Å². The molecule has 0 bridgehead atoms. The quantitative estimate of drug-likeness (QED) is 0.852. The summed E-state index contributed by atoms with van der Waals surface area (Å²) in [5.41, 5.74) is 3.46. The summed E-state index contributed by atoms with van der Waals surface area (Å²) >= 11 is 1.74. The second kappa shape index (κ2) is 5.08. The molecule has 2 nitrogen and oxygen atoms in total. The molecule has 1 aromatic heterocycles. The van der Waals surface area contributed by atoms with Gasteiger partial charge in [-0.3, -0.25) is 0 Å². The number of nitrogens with one attached hydrogen (secondary N) is 1. The van der Waals surface area contributed by atoms with Crippen molar-refractivity contribution < 1.29 is 0 Å². The molecule has 1 heterocycles. The molecule has 1 atom stereocenters. The van der Waals surface area contributed by atoms with Crippen molar-refractivity contribution in [1.82, 2.24) is 10.3 Å². The zero-order valence-electron chi connectivity index (χ0n) is 10.4. The van der Waals surface area contributed by atoms with Crippen LogP contribution in [0.15, 0.2) is 5.51 Å². The molecular formula is C12H22N2S. The van der Waals surface area contributed by atoms with Crippen molar-refractivity contribution in [2.75, 3.05) is 6.54 Å². The lowest BCUT2D eigenvalue weighted by molar-refractivity contribution is 0.253. The van der Waals surface area contributed by atoms with Gasteiger partial charge in [-0.2, -0.15) is 0 Å². The van der Waals surface area contributed by atoms with Gasteiger partial charge in [-0.1, -0.05) is 27.7 Å². The number of rotatable bonds is 4. The van der Waals surface area contributed by atoms with Crippen LogP contribution in [0.5, 0.6) is 0 Å². The van der Waals surface area contributed by atoms with Crippen LogP contribution in [-0.2, 0) is 6.54 Å². The molecule has 0 saturated heterocycles. The topological polar surface area (TPSA) is 24.9 Å². The normalized spacial score (nSPS) is 14.2. The summed E-state index contributed by atoms with van der Waals surface area (Å²) in [6.45, 7) is 13.3. The average Bonchev–Trinajstić information content (AvgIpc) is 2.50. The first-order chi connectivity index (χ1) is 6.91. The van der Waals surface area contributed by atoms with Crippen molar-refractivity contribution >= 4 is 11.3 Å². The number of thiazole rings is 1. The van der Waals surface area contributed by atoms with Crippen LogP contribution in [0.3, 0.4) is 0 Å². The van der Waals surface area contributed by atoms with Gasteiger partial charge in [0.05, 0.1) is 11.2 Å². The van der Waals surface area contributed by atoms with Gasteiger partial charge in [0.2, 0.25) is 0 Å². The fourth-order valence-electron chi connectivity index (χ4n) is 1.20. The lowest BCUT2D eigenvalue weighted by Crippen LogP contribution is -2.29. The van der Waals surface area contributed by atoms with Gasteiger partial charge in [-0.15, -0.1) is 11.3 Å². The molecule has 0 amide bonds. The van der Waals surface area contributed by atoms with Gasteiger partial charge in [0, 0.05) is 11.4 Å². The maximum atomic E-state index is 4.24. The lowest BCUT2D eigenvalue weighted by atomic mass is 9.82. The van der Waals surface area contributed by atoms with E-state index in [1.807, 2.05) is 5.51 Å². The Balaban J connectivity index is 2.31. The number of hydrogen-bond donors (Lipinski definition) is 1. The van der Waals surface area contributed by atoms with Crippen LogP contribution < -0.4 is 5.32 Å². The summed E-state index contributed by atoms with van der Waals surface area (Å²) in [5, 5.41) is 3.51. The minimum absolute atomic E-state index is 0.385. The van der Waals surface area contributed by atoms with Gasteiger partial charge in [0.15, 0.2) is 0 Å². The molecule has 1 rings (SSSR count). The molecule has 0 aliphatic heterocycles. The van der Waals surface area contributed by atoms with Crippen molar-refractivity contribution in [3.05, 3.63) is 16.1 Å². The highest BCUT2D eigenvalue weighted by Crippen LogP contribution is 2.24. The zero-order valence-corrected chi connectivity index (χ0v) is 11.2. The molecule has 0 fully saturated rings. The largest absolute Gasteiger partial charge is 0.312 e. The molecule has 0 spiro atoms. The van der Waals surface area contributed by atoms with E-state index in [-0.39, 0.29) is 0 Å². The van der Waals surface area contributed by atoms with Crippen LogP contribution in [0, 0.1) is 18.3 Å². The van der Waals surface area contributed by atoms with E-state index in [9.17, 15) is 0 Å². The van der Waals surface area contributed by atoms with Gasteiger partial charge in [0.1, 0.15) is 0 Å². The van der Waals surface area contributed by atoms with E-state index in [0.717, 1.165) is 18.8 Å². The Labute approximate surface area is 97.1 Å². The SMILES string of the molecule is Cc1ncsc1CNCC(C)C(C)(C)C. The van der Waals surface area contributed by atoms with Gasteiger partial charge < -0.3 is 5.32 Å². The second-order valence-electron chi connectivity index (χ2n) is 5.26. The maximum Gasteiger partial charge on any atom is 0.0798 e. The molecule has 0 aromatic carbocycles. The number of aromatic nitrogens is 1. The van der Waals surface area contributed by atoms with Crippen molar-refractivity contribution in [1.29, 1.82) is 0 Å². The summed E-state index contributed by atoms with van der Waals surface area (Å²) in [6, 6.07) is 0. The number of nitrogens with zero attached hydrogens (tertiary/aromatic N) is 1. The first-order valence-corrected chi connectivity index (χ1v) is 6.39. The van der Waals surface area contributed by atoms with E-state index in [0.29, 0.717) is 11.3 Å². The molecule has 0 saturated carbocycles. The highest BCUT2D eigenvalue weighted by atomic mass is 32.1. The Bertz CT molecular complexity index is 299. The molecule has 15 heavy (non-hydrogen) atoms. The number of hydrogen-bond acceptors (Lipinski definition) is 3. The summed E-state index contributed by atoms with van der Waals surface area (Å²) in [5.74, 6) is 0.686. The minimum atomic E-state index is 0.385. The fraction of sp³-hybridized carbons (Fsp3) is 0.750. The van der Waals surface area contributed by atoms with Crippen LogP contribution in [0.2, 0.25) is 0 Å². The zero-order chi connectivity index (χ0) is 11.5. The molecule has 1 aromatic rings. The smallest absolute Gasteiger partial charge is 0.0798 e. The molecule has 3 heteroatoms. The van der Waals surface area contributed by atoms with Crippen LogP contribution in [0.25, 0.3) is 0 Å². The Hall–Kier alpha value is -0.410. The van der Waals surface area contributed by atoms with Gasteiger partial charge >= 0.3 is 0 Å². The summed E-state index contributed by atoms with van der Waals surface area (Å²) in [7, 11) is 0. The number of aryl methyl sites for hydroxylation is 1. The summed E-state index contributed by atoms with van der Waals surface area (Å²) in [6.07, 6.45) is 0. The predicted octanol–water partition coefficient (Wildman–Crippen LogP) is 3.22. The monoisotopic (exact) mass is 226 g/mol. The van der Waals surface area contributed by atoms with Crippen molar-refractivity contribution in [3.8, 4) is 0 Å². The average molecular weight is 226 g/mol. The van der Waals surface area contributed by atoms with E-state index in [1.54, 1.807) is 11.3 Å². The van der Waals surface area contributed by atoms with Crippen LogP contribution in [0.4, 0.5) is 0 Å². The highest BCUT2D eigenvalue weighted by Gasteiger charge is 2.19. The Morgan fingerprint density at radius 3 is 2.60 bits per heavy atom. The fourth-order valence-corrected chi connectivity index (χ4v) is 1.95. The molecule has 0 aliphatic carbocycles. The standard InChI is InChI=1S/C12H22N2S/c1-9(12(3,4)5)6-13-7-11-10(2)14-8-15-11/h8-9,13H,6-7H2,1-5H3. The first-order valence-electron chi connectivity index (χ1n) is 5.51. The predicted molar refractivity (Wildman–Crippen MR) is 67.2 cm³/mol. The highest BCUT2D eigenvalue weighted by molar-refractivity contribution is 7.09. The van der Waals surface area contributed by atoms with Gasteiger partial charge in [-0.25, -0.2) is 4.98 Å². The summed E-state index contributed by atoms with van der Waals surface area (Å²) in [4.78, 5) is 5.60. The Morgan fingerprint density at radius 2 is 2.13 bits per heavy atom. The minimum Gasteiger partial charge on any atom is -0.312 e. The van der Waals surface area contributed by atoms with E-state index < -0.39 is 0 Å². The van der Waals surface area contributed by atoms with Crippen molar-refractivity contribution in [2.24, 2.45) is 11.3 Å². The van der Waals surface area contributed by atoms with Gasteiger partial charge in [0.25, 0.3) is 0 Å². The van der Waals surface area contributed by atoms with E-state index in [2.05, 4.69) is 44.9 Å². The molecule has 1 N–H and O–H groups in total. The van der Waals surface area contributed by atoms with Crippen molar-refractivity contribution in [2.45, 2.75) is 41.2 Å². The van der Waals surface area contributed by atoms with E-state index in [1.165, 1.54) is 4.88 Å². The Morgan fingerprint density at radius 1 is 1.47 bits per heavy atom. The van der Waals surface area contributed by atoms with Crippen molar-refractivity contribution in [3.63, 3.8) is 0 Å². The first kappa shape index (κ1) is 12.7. The summed E-state index contributed by atoms with van der Waals surface area (Å²) < 4.78 is 0. The van der Waals surface area contributed by atoms with Crippen LogP contribution in [-0.4, -0.2) is 11.5 Å². The van der Waals surface area contributed by atoms with Crippen LogP contribution in [0.1, 0.15) is 38.3 Å². The molecule has 1 unspecified atom stereocenters. The molecule has 0 radical (unpaired) electrons. The Kier molecular flexibility index (Phi) is 4.29. The third kappa shape index (κ3) is 3.92. The van der Waals surface area contributed by atoms with Crippen LogP contribution >= 0.6 is 11.3 Å². The van der Waals surface area contributed by atoms with Gasteiger partial charge in [-0.05, 0) is 24.8 Å². The molecular weight excluding hydrogens is 204 g/mol. The third-order valence-electron chi connectivity index (χ3n) is 3.06. The molecule has 86 valence electrons. The molecule has 0 aliphatic rings. The third-order valence-corrected chi connectivity index (χ3v) is 3.99. The maximum absolute atomic E-state index is 4.24. The lowest BCUT2D eigenvalue weighted by Gasteiger charge is -2.27. The van der Waals surface area contributed by atoms with E-state index in [4.69, 9.17) is 0 Å². The second-order valence-corrected chi connectivity index (χ2v) is 6.20.